The van der Waals surface area contributed by atoms with E-state index in [2.05, 4.69) is 0 Å². The zero-order chi connectivity index (χ0) is 17.4. The minimum Gasteiger partial charge on any atom is -0.308 e. The lowest BCUT2D eigenvalue weighted by atomic mass is 10.1. The number of fused-ring (bicyclic) bond motifs is 1. The second-order valence-corrected chi connectivity index (χ2v) is 6.42. The number of thiophene rings is 1. The van der Waals surface area contributed by atoms with Gasteiger partial charge in [0.15, 0.2) is 5.43 Å². The molecule has 122 valence electrons. The lowest BCUT2D eigenvalue weighted by Gasteiger charge is -2.15. The zero-order valence-corrected chi connectivity index (χ0v) is 13.8. The minimum absolute atomic E-state index is 0.0259. The van der Waals surface area contributed by atoms with E-state index in [0.717, 1.165) is 22.5 Å². The van der Waals surface area contributed by atoms with Gasteiger partial charge in [0.05, 0.1) is 20.8 Å². The summed E-state index contributed by atoms with van der Waals surface area (Å²) in [5.41, 5.74) is 3.24. The van der Waals surface area contributed by atoms with Crippen molar-refractivity contribution >= 4 is 27.2 Å². The van der Waals surface area contributed by atoms with Crippen LogP contribution in [0.4, 0.5) is 5.69 Å². The Kier molecular flexibility index (Phi) is 3.66. The third-order valence-corrected chi connectivity index (χ3v) is 4.92. The number of nitro benzene ring substituents is 1. The molecule has 0 atom stereocenters. The average molecular weight is 348 g/mol. The fourth-order valence-corrected chi connectivity index (χ4v) is 3.66. The molecular formula is C19H12N2O3S. The third-order valence-electron chi connectivity index (χ3n) is 4.01. The number of nitro groups is 1. The van der Waals surface area contributed by atoms with E-state index in [1.807, 2.05) is 46.3 Å². The van der Waals surface area contributed by atoms with Crippen LogP contribution in [0.15, 0.2) is 76.9 Å². The highest BCUT2D eigenvalue weighted by Crippen LogP contribution is 2.29. The molecule has 0 aliphatic rings. The predicted molar refractivity (Wildman–Crippen MR) is 99.5 cm³/mol. The smallest absolute Gasteiger partial charge is 0.269 e. The molecule has 2 heterocycles. The Morgan fingerprint density at radius 3 is 2.36 bits per heavy atom. The second kappa shape index (κ2) is 5.99. The molecule has 0 spiro atoms. The average Bonchev–Trinajstić information content (AvgIpc) is 3.13. The molecule has 6 heteroatoms. The minimum atomic E-state index is -0.423. The summed E-state index contributed by atoms with van der Waals surface area (Å²) >= 11 is 1.39. The Bertz CT molecular complexity index is 1130. The van der Waals surface area contributed by atoms with Gasteiger partial charge >= 0.3 is 0 Å². The molecule has 0 amide bonds. The van der Waals surface area contributed by atoms with Crippen LogP contribution in [0.25, 0.3) is 27.2 Å². The van der Waals surface area contributed by atoms with E-state index in [1.54, 1.807) is 18.2 Å². The molecule has 4 aromatic rings. The SMILES string of the molecule is O=c1cc(-c2ccccc2)n(-c2ccc([N+](=O)[O-])cc2)c2ccsc12. The molecule has 0 radical (unpaired) electrons. The number of hydrogen-bond acceptors (Lipinski definition) is 4. The van der Waals surface area contributed by atoms with Crippen LogP contribution in [-0.2, 0) is 0 Å². The van der Waals surface area contributed by atoms with Crippen molar-refractivity contribution < 1.29 is 4.92 Å². The van der Waals surface area contributed by atoms with Crippen LogP contribution in [0, 0.1) is 10.1 Å². The predicted octanol–water partition coefficient (Wildman–Crippen LogP) is 4.63. The Morgan fingerprint density at radius 1 is 0.960 bits per heavy atom. The van der Waals surface area contributed by atoms with Crippen molar-refractivity contribution in [3.05, 3.63) is 92.4 Å². The summed E-state index contributed by atoms with van der Waals surface area (Å²) in [5, 5.41) is 12.8. The van der Waals surface area contributed by atoms with E-state index >= 15 is 0 Å². The van der Waals surface area contributed by atoms with Crippen LogP contribution in [-0.4, -0.2) is 9.49 Å². The van der Waals surface area contributed by atoms with Gasteiger partial charge in [-0.3, -0.25) is 14.9 Å². The summed E-state index contributed by atoms with van der Waals surface area (Å²) in [5.74, 6) is 0. The quantitative estimate of drug-likeness (QED) is 0.400. The molecule has 0 aliphatic heterocycles. The fourth-order valence-electron chi connectivity index (χ4n) is 2.87. The van der Waals surface area contributed by atoms with E-state index < -0.39 is 4.92 Å². The van der Waals surface area contributed by atoms with Gasteiger partial charge < -0.3 is 4.57 Å². The molecule has 2 aromatic carbocycles. The molecule has 0 bridgehead atoms. The second-order valence-electron chi connectivity index (χ2n) is 5.50. The van der Waals surface area contributed by atoms with Crippen molar-refractivity contribution in [2.45, 2.75) is 0 Å². The number of aromatic nitrogens is 1. The number of pyridine rings is 1. The molecule has 0 N–H and O–H groups in total. The van der Waals surface area contributed by atoms with Gasteiger partial charge in [-0.25, -0.2) is 0 Å². The van der Waals surface area contributed by atoms with Gasteiger partial charge in [0.2, 0.25) is 0 Å². The first-order valence-electron chi connectivity index (χ1n) is 7.58. The van der Waals surface area contributed by atoms with Gasteiger partial charge in [-0.1, -0.05) is 30.3 Å². The molecule has 0 saturated carbocycles. The van der Waals surface area contributed by atoms with Gasteiger partial charge in [0.1, 0.15) is 0 Å². The number of rotatable bonds is 3. The van der Waals surface area contributed by atoms with E-state index in [-0.39, 0.29) is 11.1 Å². The van der Waals surface area contributed by atoms with E-state index in [0.29, 0.717) is 4.70 Å². The number of nitrogens with zero attached hydrogens (tertiary/aromatic N) is 2. The summed E-state index contributed by atoms with van der Waals surface area (Å²) in [6, 6.07) is 19.5. The molecule has 0 unspecified atom stereocenters. The first-order chi connectivity index (χ1) is 12.1. The monoisotopic (exact) mass is 348 g/mol. The zero-order valence-electron chi connectivity index (χ0n) is 13.0. The molecular weight excluding hydrogens is 336 g/mol. The summed E-state index contributed by atoms with van der Waals surface area (Å²) < 4.78 is 2.63. The van der Waals surface area contributed by atoms with Crippen LogP contribution in [0.1, 0.15) is 0 Å². The molecule has 25 heavy (non-hydrogen) atoms. The maximum Gasteiger partial charge on any atom is 0.269 e. The molecule has 4 rings (SSSR count). The molecule has 5 nitrogen and oxygen atoms in total. The first kappa shape index (κ1) is 15.3. The van der Waals surface area contributed by atoms with Crippen molar-refractivity contribution in [1.29, 1.82) is 0 Å². The van der Waals surface area contributed by atoms with E-state index in [1.165, 1.54) is 23.5 Å². The Labute approximate surface area is 146 Å². The van der Waals surface area contributed by atoms with Crippen LogP contribution >= 0.6 is 11.3 Å². The van der Waals surface area contributed by atoms with Crippen molar-refractivity contribution in [1.82, 2.24) is 4.57 Å². The standard InChI is InChI=1S/C19H12N2O3S/c22-18-12-17(13-4-2-1-3-5-13)20(16-10-11-25-19(16)18)14-6-8-15(9-7-14)21(23)24/h1-12H. The van der Waals surface area contributed by atoms with Gasteiger partial charge in [-0.2, -0.15) is 0 Å². The Morgan fingerprint density at radius 2 is 1.68 bits per heavy atom. The topological polar surface area (TPSA) is 65.1 Å². The highest BCUT2D eigenvalue weighted by molar-refractivity contribution is 7.17. The summed E-state index contributed by atoms with van der Waals surface area (Å²) in [7, 11) is 0. The highest BCUT2D eigenvalue weighted by atomic mass is 32.1. The maximum atomic E-state index is 12.5. The van der Waals surface area contributed by atoms with Crippen molar-refractivity contribution in [2.24, 2.45) is 0 Å². The molecule has 0 fully saturated rings. The number of benzene rings is 2. The molecule has 2 aromatic heterocycles. The Hall–Kier alpha value is -3.25. The van der Waals surface area contributed by atoms with Crippen LogP contribution in [0.5, 0.6) is 0 Å². The van der Waals surface area contributed by atoms with Crippen LogP contribution in [0.3, 0.4) is 0 Å². The van der Waals surface area contributed by atoms with Crippen molar-refractivity contribution in [3.63, 3.8) is 0 Å². The maximum absolute atomic E-state index is 12.5. The van der Waals surface area contributed by atoms with Crippen molar-refractivity contribution in [2.75, 3.05) is 0 Å². The lowest BCUT2D eigenvalue weighted by Crippen LogP contribution is -2.08. The van der Waals surface area contributed by atoms with E-state index in [9.17, 15) is 14.9 Å². The van der Waals surface area contributed by atoms with Gasteiger partial charge in [-0.05, 0) is 29.1 Å². The van der Waals surface area contributed by atoms with Crippen molar-refractivity contribution in [3.8, 4) is 16.9 Å². The Balaban J connectivity index is 2.04. The normalized spacial score (nSPS) is 10.9. The number of hydrogen-bond donors (Lipinski definition) is 0. The molecule has 0 aliphatic carbocycles. The fraction of sp³-hybridized carbons (Fsp3) is 0. The lowest BCUT2D eigenvalue weighted by molar-refractivity contribution is -0.384. The first-order valence-corrected chi connectivity index (χ1v) is 8.46. The van der Waals surface area contributed by atoms with Gasteiger partial charge in [-0.15, -0.1) is 11.3 Å². The summed E-state index contributed by atoms with van der Waals surface area (Å²) in [4.78, 5) is 23.0. The summed E-state index contributed by atoms with van der Waals surface area (Å²) in [6.07, 6.45) is 0. The van der Waals surface area contributed by atoms with Gasteiger partial charge in [0.25, 0.3) is 5.69 Å². The number of non-ortho nitro benzene ring substituents is 1. The largest absolute Gasteiger partial charge is 0.308 e. The van der Waals surface area contributed by atoms with Crippen LogP contribution in [0.2, 0.25) is 0 Å². The van der Waals surface area contributed by atoms with Crippen LogP contribution < -0.4 is 5.43 Å². The van der Waals surface area contributed by atoms with Gasteiger partial charge in [0, 0.05) is 23.9 Å². The highest BCUT2D eigenvalue weighted by Gasteiger charge is 2.14. The third kappa shape index (κ3) is 2.62. The summed E-state index contributed by atoms with van der Waals surface area (Å²) in [6.45, 7) is 0. The van der Waals surface area contributed by atoms with E-state index in [4.69, 9.17) is 0 Å². The molecule has 0 saturated heterocycles.